The second-order valence-electron chi connectivity index (χ2n) is 4.65. The Kier molecular flexibility index (Phi) is 3.64. The topological polar surface area (TPSA) is 35.5 Å². The SMILES string of the molecule is Cc1cc(F)c(O)c([C@@H](C)N2CCNCC2)c1. The van der Waals surface area contributed by atoms with Crippen LogP contribution in [0.5, 0.6) is 5.75 Å². The summed E-state index contributed by atoms with van der Waals surface area (Å²) in [6.07, 6.45) is 0. The van der Waals surface area contributed by atoms with E-state index in [9.17, 15) is 9.50 Å². The van der Waals surface area contributed by atoms with Gasteiger partial charge in [0.25, 0.3) is 0 Å². The average molecular weight is 238 g/mol. The van der Waals surface area contributed by atoms with Gasteiger partial charge in [0.15, 0.2) is 11.6 Å². The second-order valence-corrected chi connectivity index (χ2v) is 4.65. The molecule has 0 aliphatic carbocycles. The Morgan fingerprint density at radius 2 is 2.00 bits per heavy atom. The van der Waals surface area contributed by atoms with Gasteiger partial charge in [-0.25, -0.2) is 4.39 Å². The van der Waals surface area contributed by atoms with Crippen molar-refractivity contribution in [2.75, 3.05) is 26.2 Å². The molecule has 2 rings (SSSR count). The van der Waals surface area contributed by atoms with E-state index >= 15 is 0 Å². The Bertz CT molecular complexity index is 403. The van der Waals surface area contributed by atoms with Gasteiger partial charge < -0.3 is 10.4 Å². The third kappa shape index (κ3) is 2.58. The number of phenols is 1. The highest BCUT2D eigenvalue weighted by Gasteiger charge is 2.22. The molecule has 0 aromatic heterocycles. The molecule has 1 saturated heterocycles. The van der Waals surface area contributed by atoms with Crippen LogP contribution >= 0.6 is 0 Å². The summed E-state index contributed by atoms with van der Waals surface area (Å²) < 4.78 is 13.5. The Morgan fingerprint density at radius 3 is 2.65 bits per heavy atom. The first-order valence-electron chi connectivity index (χ1n) is 6.03. The monoisotopic (exact) mass is 238 g/mol. The highest BCUT2D eigenvalue weighted by molar-refractivity contribution is 5.39. The minimum Gasteiger partial charge on any atom is -0.505 e. The van der Waals surface area contributed by atoms with Gasteiger partial charge in [-0.3, -0.25) is 4.90 Å². The van der Waals surface area contributed by atoms with Crippen molar-refractivity contribution in [3.05, 3.63) is 29.1 Å². The Balaban J connectivity index is 2.26. The molecule has 1 fully saturated rings. The lowest BCUT2D eigenvalue weighted by Crippen LogP contribution is -2.44. The van der Waals surface area contributed by atoms with Crippen molar-refractivity contribution in [2.24, 2.45) is 0 Å². The first-order valence-corrected chi connectivity index (χ1v) is 6.03. The number of phenolic OH excluding ortho intramolecular Hbond substituents is 1. The molecule has 17 heavy (non-hydrogen) atoms. The molecule has 0 amide bonds. The fourth-order valence-corrected chi connectivity index (χ4v) is 2.35. The van der Waals surface area contributed by atoms with E-state index in [1.54, 1.807) is 0 Å². The summed E-state index contributed by atoms with van der Waals surface area (Å²) in [5.74, 6) is -0.733. The number of rotatable bonds is 2. The minimum atomic E-state index is -0.526. The van der Waals surface area contributed by atoms with Gasteiger partial charge in [0, 0.05) is 37.8 Å². The molecule has 3 nitrogen and oxygen atoms in total. The molecular weight excluding hydrogens is 219 g/mol. The largest absolute Gasteiger partial charge is 0.505 e. The molecule has 1 atom stereocenters. The van der Waals surface area contributed by atoms with E-state index < -0.39 is 5.82 Å². The maximum atomic E-state index is 13.5. The second kappa shape index (κ2) is 5.02. The molecule has 94 valence electrons. The fraction of sp³-hybridized carbons (Fsp3) is 0.538. The molecule has 0 spiro atoms. The summed E-state index contributed by atoms with van der Waals surface area (Å²) in [7, 11) is 0. The maximum absolute atomic E-state index is 13.5. The van der Waals surface area contributed by atoms with Gasteiger partial charge in [-0.1, -0.05) is 6.07 Å². The summed E-state index contributed by atoms with van der Waals surface area (Å²) in [4.78, 5) is 2.25. The maximum Gasteiger partial charge on any atom is 0.165 e. The Hall–Kier alpha value is -1.13. The van der Waals surface area contributed by atoms with Crippen LogP contribution in [-0.4, -0.2) is 36.2 Å². The molecule has 4 heteroatoms. The summed E-state index contributed by atoms with van der Waals surface area (Å²) in [6, 6.07) is 3.28. The standard InChI is InChI=1S/C13H19FN2O/c1-9-7-11(13(17)12(14)8-9)10(2)16-5-3-15-4-6-16/h7-8,10,15,17H,3-6H2,1-2H3/t10-/m1/s1. The number of piperazine rings is 1. The number of aromatic hydroxyl groups is 1. The van der Waals surface area contributed by atoms with Crippen LogP contribution in [0.2, 0.25) is 0 Å². The lowest BCUT2D eigenvalue weighted by atomic mass is 10.0. The number of nitrogens with one attached hydrogen (secondary N) is 1. The van der Waals surface area contributed by atoms with Gasteiger partial charge in [0.1, 0.15) is 0 Å². The van der Waals surface area contributed by atoms with Gasteiger partial charge in [0.05, 0.1) is 0 Å². The zero-order valence-corrected chi connectivity index (χ0v) is 10.3. The van der Waals surface area contributed by atoms with Gasteiger partial charge in [-0.05, 0) is 25.5 Å². The van der Waals surface area contributed by atoms with E-state index in [0.29, 0.717) is 5.56 Å². The van der Waals surface area contributed by atoms with Crippen LogP contribution in [0.1, 0.15) is 24.1 Å². The molecule has 1 aliphatic heterocycles. The smallest absolute Gasteiger partial charge is 0.165 e. The normalized spacial score (nSPS) is 19.2. The van der Waals surface area contributed by atoms with Gasteiger partial charge >= 0.3 is 0 Å². The van der Waals surface area contributed by atoms with Crippen molar-refractivity contribution in [3.8, 4) is 5.75 Å². The number of hydrogen-bond acceptors (Lipinski definition) is 3. The lowest BCUT2D eigenvalue weighted by molar-refractivity contribution is 0.182. The van der Waals surface area contributed by atoms with Gasteiger partial charge in [-0.15, -0.1) is 0 Å². The molecule has 0 radical (unpaired) electrons. The predicted molar refractivity (Wildman–Crippen MR) is 65.7 cm³/mol. The van der Waals surface area contributed by atoms with E-state index in [0.717, 1.165) is 31.7 Å². The van der Waals surface area contributed by atoms with Crippen molar-refractivity contribution < 1.29 is 9.50 Å². The highest BCUT2D eigenvalue weighted by atomic mass is 19.1. The van der Waals surface area contributed by atoms with Crippen LogP contribution < -0.4 is 5.32 Å². The number of aryl methyl sites for hydroxylation is 1. The van der Waals surface area contributed by atoms with Crippen LogP contribution in [0, 0.1) is 12.7 Å². The van der Waals surface area contributed by atoms with Crippen molar-refractivity contribution >= 4 is 0 Å². The van der Waals surface area contributed by atoms with Gasteiger partial charge in [-0.2, -0.15) is 0 Å². The summed E-state index contributed by atoms with van der Waals surface area (Å²) in [6.45, 7) is 7.60. The van der Waals surface area contributed by atoms with E-state index in [4.69, 9.17) is 0 Å². The molecule has 1 aromatic rings. The van der Waals surface area contributed by atoms with Crippen LogP contribution in [0.3, 0.4) is 0 Å². The zero-order valence-electron chi connectivity index (χ0n) is 10.3. The Labute approximate surface area is 101 Å². The van der Waals surface area contributed by atoms with Crippen LogP contribution in [0.4, 0.5) is 4.39 Å². The summed E-state index contributed by atoms with van der Waals surface area (Å²) in [5.41, 5.74) is 1.53. The quantitative estimate of drug-likeness (QED) is 0.824. The fourth-order valence-electron chi connectivity index (χ4n) is 2.35. The third-order valence-electron chi connectivity index (χ3n) is 3.39. The van der Waals surface area contributed by atoms with E-state index in [-0.39, 0.29) is 11.8 Å². The summed E-state index contributed by atoms with van der Waals surface area (Å²) >= 11 is 0. The van der Waals surface area contributed by atoms with Gasteiger partial charge in [0.2, 0.25) is 0 Å². The van der Waals surface area contributed by atoms with Crippen molar-refractivity contribution in [2.45, 2.75) is 19.9 Å². The first-order chi connectivity index (χ1) is 8.09. The molecular formula is C13H19FN2O. The van der Waals surface area contributed by atoms with E-state index in [1.807, 2.05) is 19.9 Å². The van der Waals surface area contributed by atoms with Crippen LogP contribution in [-0.2, 0) is 0 Å². The molecule has 0 bridgehead atoms. The Morgan fingerprint density at radius 1 is 1.35 bits per heavy atom. The number of halogens is 1. The van der Waals surface area contributed by atoms with Crippen molar-refractivity contribution in [3.63, 3.8) is 0 Å². The summed E-state index contributed by atoms with van der Waals surface area (Å²) in [5, 5.41) is 13.1. The lowest BCUT2D eigenvalue weighted by Gasteiger charge is -2.33. The van der Waals surface area contributed by atoms with Crippen LogP contribution in [0.15, 0.2) is 12.1 Å². The molecule has 2 N–H and O–H groups in total. The van der Waals surface area contributed by atoms with E-state index in [1.165, 1.54) is 6.07 Å². The number of hydrogen-bond donors (Lipinski definition) is 2. The molecule has 0 unspecified atom stereocenters. The zero-order chi connectivity index (χ0) is 12.4. The molecule has 1 heterocycles. The van der Waals surface area contributed by atoms with Crippen molar-refractivity contribution in [1.29, 1.82) is 0 Å². The minimum absolute atomic E-state index is 0.0477. The first kappa shape index (κ1) is 12.3. The van der Waals surface area contributed by atoms with E-state index in [2.05, 4.69) is 10.2 Å². The van der Waals surface area contributed by atoms with Crippen LogP contribution in [0.25, 0.3) is 0 Å². The number of nitrogens with zero attached hydrogens (tertiary/aromatic N) is 1. The van der Waals surface area contributed by atoms with Crippen molar-refractivity contribution in [1.82, 2.24) is 10.2 Å². The average Bonchev–Trinajstić information content (AvgIpc) is 2.34. The number of benzene rings is 1. The highest BCUT2D eigenvalue weighted by Crippen LogP contribution is 2.31. The molecule has 0 saturated carbocycles. The molecule has 1 aliphatic rings. The third-order valence-corrected chi connectivity index (χ3v) is 3.39. The molecule has 1 aromatic carbocycles. The predicted octanol–water partition coefficient (Wildman–Crippen LogP) is 1.81.